The molecule has 8 nitrogen and oxygen atoms in total. The first-order valence-electron chi connectivity index (χ1n) is 10.9. The molecule has 33 heavy (non-hydrogen) atoms. The summed E-state index contributed by atoms with van der Waals surface area (Å²) in [5.41, 5.74) is 0.349. The van der Waals surface area contributed by atoms with Crippen LogP contribution in [0.1, 0.15) is 35.2 Å². The minimum atomic E-state index is -0.666. The van der Waals surface area contributed by atoms with Crippen LogP contribution in [0.4, 0.5) is 17.1 Å². The number of carbonyl (C=O) groups excluding carboxylic acids is 1. The van der Waals surface area contributed by atoms with Crippen LogP contribution in [0.5, 0.6) is 5.75 Å². The van der Waals surface area contributed by atoms with Gasteiger partial charge in [0.15, 0.2) is 5.75 Å². The Kier molecular flexibility index (Phi) is 6.46. The lowest BCUT2D eigenvalue weighted by atomic mass is 10.1. The number of nitrogens with one attached hydrogen (secondary N) is 2. The predicted octanol–water partition coefficient (Wildman–Crippen LogP) is 2.98. The second-order valence-electron chi connectivity index (χ2n) is 8.45. The van der Waals surface area contributed by atoms with Crippen molar-refractivity contribution in [1.29, 1.82) is 0 Å². The molecule has 8 heteroatoms. The molecule has 4 rings (SSSR count). The number of phenols is 1. The van der Waals surface area contributed by atoms with E-state index in [4.69, 9.17) is 4.74 Å². The summed E-state index contributed by atoms with van der Waals surface area (Å²) in [5.74, 6) is -0.649. The molecule has 0 radical (unpaired) electrons. The van der Waals surface area contributed by atoms with E-state index in [0.29, 0.717) is 6.61 Å². The van der Waals surface area contributed by atoms with Crippen molar-refractivity contribution in [2.45, 2.75) is 38.0 Å². The van der Waals surface area contributed by atoms with Crippen LogP contribution < -0.4 is 21.5 Å². The van der Waals surface area contributed by atoms with E-state index in [0.717, 1.165) is 24.8 Å². The summed E-state index contributed by atoms with van der Waals surface area (Å²) in [5, 5.41) is 16.6. The summed E-state index contributed by atoms with van der Waals surface area (Å²) >= 11 is 0. The van der Waals surface area contributed by atoms with Gasteiger partial charge in [-0.1, -0.05) is 36.4 Å². The molecule has 172 valence electrons. The van der Waals surface area contributed by atoms with Crippen molar-refractivity contribution >= 4 is 23.0 Å². The minimum Gasteiger partial charge on any atom is -0.505 e. The first-order chi connectivity index (χ1) is 15.9. The topological polar surface area (TPSA) is 108 Å². The standard InChI is InChI=1S/C25H27N3O5/c1-28(2)25(32)16-10-6-12-18(22(16)29)27-21-20(23(30)24(21)31)26-17-11-7-13-19(17)33-14-15-8-4-3-5-9-15/h3-6,8-10,12,17,19,26-27,29H,7,11,13-14H2,1-2H3/t17-,19-/m0/s1. The van der Waals surface area contributed by atoms with Gasteiger partial charge in [-0.05, 0) is 37.0 Å². The van der Waals surface area contributed by atoms with Crippen molar-refractivity contribution in [2.75, 3.05) is 24.7 Å². The van der Waals surface area contributed by atoms with Gasteiger partial charge in [-0.2, -0.15) is 0 Å². The van der Waals surface area contributed by atoms with E-state index in [9.17, 15) is 19.5 Å². The number of nitrogens with zero attached hydrogens (tertiary/aromatic N) is 1. The van der Waals surface area contributed by atoms with Gasteiger partial charge in [-0.25, -0.2) is 0 Å². The van der Waals surface area contributed by atoms with E-state index in [1.807, 2.05) is 30.3 Å². The normalized spacial score (nSPS) is 17.8. The van der Waals surface area contributed by atoms with E-state index in [1.165, 1.54) is 11.0 Å². The van der Waals surface area contributed by atoms with Gasteiger partial charge in [0.05, 0.1) is 30.0 Å². The summed E-state index contributed by atoms with van der Waals surface area (Å²) in [6.07, 6.45) is 2.54. The van der Waals surface area contributed by atoms with Crippen LogP contribution in [0.25, 0.3) is 0 Å². The Morgan fingerprint density at radius 2 is 1.76 bits per heavy atom. The van der Waals surface area contributed by atoms with Gasteiger partial charge in [-0.15, -0.1) is 0 Å². The Morgan fingerprint density at radius 3 is 2.48 bits per heavy atom. The zero-order chi connectivity index (χ0) is 23.5. The largest absolute Gasteiger partial charge is 0.505 e. The molecule has 1 amide bonds. The summed E-state index contributed by atoms with van der Waals surface area (Å²) in [6, 6.07) is 14.4. The highest BCUT2D eigenvalue weighted by Gasteiger charge is 2.32. The molecule has 1 saturated carbocycles. The van der Waals surface area contributed by atoms with E-state index >= 15 is 0 Å². The van der Waals surface area contributed by atoms with Crippen LogP contribution in [-0.2, 0) is 11.3 Å². The predicted molar refractivity (Wildman–Crippen MR) is 127 cm³/mol. The number of aromatic hydroxyl groups is 1. The maximum absolute atomic E-state index is 12.3. The Bertz CT molecular complexity index is 1210. The number of rotatable bonds is 8. The zero-order valence-electron chi connectivity index (χ0n) is 18.6. The van der Waals surface area contributed by atoms with Crippen molar-refractivity contribution in [3.63, 3.8) is 0 Å². The fraction of sp³-hybridized carbons (Fsp3) is 0.320. The molecule has 1 fully saturated rings. The number of anilines is 3. The lowest BCUT2D eigenvalue weighted by Gasteiger charge is -2.25. The number of amides is 1. The van der Waals surface area contributed by atoms with Gasteiger partial charge in [0, 0.05) is 14.1 Å². The van der Waals surface area contributed by atoms with Crippen molar-refractivity contribution in [2.24, 2.45) is 0 Å². The van der Waals surface area contributed by atoms with Crippen LogP contribution in [-0.4, -0.2) is 42.2 Å². The maximum atomic E-state index is 12.3. The number of benzene rings is 2. The average molecular weight is 450 g/mol. The lowest BCUT2D eigenvalue weighted by molar-refractivity contribution is 0.0394. The van der Waals surface area contributed by atoms with Crippen LogP contribution >= 0.6 is 0 Å². The van der Waals surface area contributed by atoms with Gasteiger partial charge in [0.2, 0.25) is 0 Å². The van der Waals surface area contributed by atoms with Gasteiger partial charge in [0.25, 0.3) is 16.8 Å². The maximum Gasteiger partial charge on any atom is 0.257 e. The highest BCUT2D eigenvalue weighted by atomic mass is 16.5. The van der Waals surface area contributed by atoms with Crippen LogP contribution in [0.3, 0.4) is 0 Å². The summed E-state index contributed by atoms with van der Waals surface area (Å²) < 4.78 is 6.09. The number of phenolic OH excluding ortho intramolecular Hbond substituents is 1. The molecular formula is C25H27N3O5. The molecule has 0 saturated heterocycles. The van der Waals surface area contributed by atoms with Gasteiger partial charge in [0.1, 0.15) is 11.4 Å². The SMILES string of the molecule is CN(C)C(=O)c1cccc(Nc2c(N[C@H]3CCC[C@@H]3OCc3ccccc3)c(=O)c2=O)c1O. The number of hydrogen-bond acceptors (Lipinski definition) is 7. The molecule has 0 heterocycles. The molecule has 0 spiro atoms. The number of ether oxygens (including phenoxy) is 1. The highest BCUT2D eigenvalue weighted by Crippen LogP contribution is 2.33. The first kappa shape index (κ1) is 22.5. The van der Waals surface area contributed by atoms with Gasteiger partial charge in [-0.3, -0.25) is 14.4 Å². The van der Waals surface area contributed by atoms with Crippen LogP contribution in [0.15, 0.2) is 58.1 Å². The minimum absolute atomic E-state index is 0.0819. The van der Waals surface area contributed by atoms with E-state index in [1.54, 1.807) is 26.2 Å². The highest BCUT2D eigenvalue weighted by molar-refractivity contribution is 5.99. The molecular weight excluding hydrogens is 422 g/mol. The van der Waals surface area contributed by atoms with Crippen molar-refractivity contribution in [1.82, 2.24) is 4.90 Å². The molecule has 0 bridgehead atoms. The number of carbonyl (C=O) groups is 1. The third-order valence-corrected chi connectivity index (χ3v) is 5.93. The first-order valence-corrected chi connectivity index (χ1v) is 10.9. The summed E-state index contributed by atoms with van der Waals surface area (Å²) in [4.78, 5) is 38.2. The Hall–Kier alpha value is -3.65. The number of hydrogen-bond donors (Lipinski definition) is 3. The van der Waals surface area contributed by atoms with E-state index in [-0.39, 0.29) is 46.4 Å². The molecule has 2 atom stereocenters. The monoisotopic (exact) mass is 449 g/mol. The summed E-state index contributed by atoms with van der Waals surface area (Å²) in [7, 11) is 3.16. The fourth-order valence-corrected chi connectivity index (χ4v) is 4.09. The van der Waals surface area contributed by atoms with Gasteiger partial charge < -0.3 is 25.4 Å². The van der Waals surface area contributed by atoms with Crippen molar-refractivity contribution < 1.29 is 14.6 Å². The number of para-hydroxylation sites is 1. The van der Waals surface area contributed by atoms with Crippen LogP contribution in [0.2, 0.25) is 0 Å². The third kappa shape index (κ3) is 4.61. The Balaban J connectivity index is 1.49. The van der Waals surface area contributed by atoms with E-state index in [2.05, 4.69) is 10.6 Å². The summed E-state index contributed by atoms with van der Waals surface area (Å²) in [6.45, 7) is 0.473. The van der Waals surface area contributed by atoms with Crippen LogP contribution in [0, 0.1) is 0 Å². The van der Waals surface area contributed by atoms with Crippen molar-refractivity contribution in [3.8, 4) is 5.75 Å². The molecule has 3 aromatic carbocycles. The average Bonchev–Trinajstić information content (AvgIpc) is 3.28. The molecule has 3 N–H and O–H groups in total. The van der Waals surface area contributed by atoms with Gasteiger partial charge >= 0.3 is 0 Å². The third-order valence-electron chi connectivity index (χ3n) is 5.93. The lowest BCUT2D eigenvalue weighted by Crippen LogP contribution is -2.41. The zero-order valence-corrected chi connectivity index (χ0v) is 18.6. The molecule has 1 aliphatic rings. The fourth-order valence-electron chi connectivity index (χ4n) is 4.09. The molecule has 0 unspecified atom stereocenters. The van der Waals surface area contributed by atoms with Crippen molar-refractivity contribution in [3.05, 3.63) is 80.1 Å². The smallest absolute Gasteiger partial charge is 0.257 e. The molecule has 3 aromatic rings. The quantitative estimate of drug-likeness (QED) is 0.358. The van der Waals surface area contributed by atoms with E-state index < -0.39 is 10.9 Å². The Labute approximate surface area is 191 Å². The second-order valence-corrected chi connectivity index (χ2v) is 8.45. The molecule has 1 aliphatic carbocycles. The Morgan fingerprint density at radius 1 is 1.03 bits per heavy atom. The second kappa shape index (κ2) is 9.46. The molecule has 0 aromatic heterocycles. The molecule has 0 aliphatic heterocycles.